The Morgan fingerprint density at radius 1 is 0.368 bits per heavy atom. The van der Waals surface area contributed by atoms with Gasteiger partial charge in [0.1, 0.15) is 28.5 Å². The Hall–Kier alpha value is -6.84. The number of para-hydroxylation sites is 1. The van der Waals surface area contributed by atoms with Crippen molar-refractivity contribution >= 4 is 61.1 Å². The summed E-state index contributed by atoms with van der Waals surface area (Å²) in [5.74, 6) is 3.17. The van der Waals surface area contributed by atoms with Crippen molar-refractivity contribution in [1.29, 1.82) is 0 Å². The van der Waals surface area contributed by atoms with Crippen LogP contribution in [0.25, 0.3) is 33.5 Å². The van der Waals surface area contributed by atoms with Crippen LogP contribution >= 0.6 is 15.9 Å². The predicted octanol–water partition coefficient (Wildman–Crippen LogP) is 12.7. The first-order valence-corrected chi connectivity index (χ1v) is 19.1. The summed E-state index contributed by atoms with van der Waals surface area (Å²) in [6.07, 6.45) is 0. The van der Waals surface area contributed by atoms with E-state index < -0.39 is 0 Å². The fourth-order valence-corrected chi connectivity index (χ4v) is 7.25. The van der Waals surface area contributed by atoms with Gasteiger partial charge in [-0.3, -0.25) is 0 Å². The van der Waals surface area contributed by atoms with Crippen molar-refractivity contribution < 1.29 is 18.9 Å². The molecule has 0 amide bonds. The van der Waals surface area contributed by atoms with E-state index in [1.165, 1.54) is 0 Å². The molecule has 0 N–H and O–H groups in total. The van der Waals surface area contributed by atoms with Gasteiger partial charge in [0.15, 0.2) is 0 Å². The average molecular weight is 816 g/mol. The molecule has 8 aromatic rings. The maximum absolute atomic E-state index is 5.45. The van der Waals surface area contributed by atoms with Gasteiger partial charge in [-0.15, -0.1) is 0 Å². The van der Waals surface area contributed by atoms with E-state index in [9.17, 15) is 0 Å². The van der Waals surface area contributed by atoms with Gasteiger partial charge in [0.25, 0.3) is 0 Å². The number of ether oxygens (including phenoxy) is 4. The molecule has 0 atom stereocenters. The zero-order chi connectivity index (χ0) is 39.3. The first-order valence-electron chi connectivity index (χ1n) is 18.3. The van der Waals surface area contributed by atoms with Crippen LogP contribution < -0.4 is 28.7 Å². The molecule has 7 aromatic carbocycles. The summed E-state index contributed by atoms with van der Waals surface area (Å²) >= 11 is 3.73. The van der Waals surface area contributed by atoms with E-state index in [4.69, 9.17) is 28.9 Å². The Bertz CT molecular complexity index is 2510. The highest BCUT2D eigenvalue weighted by Gasteiger charge is 2.19. The van der Waals surface area contributed by atoms with Gasteiger partial charge in [0.05, 0.1) is 45.3 Å². The summed E-state index contributed by atoms with van der Waals surface area (Å²) in [6, 6.07) is 55.0. The van der Waals surface area contributed by atoms with Crippen LogP contribution in [0.3, 0.4) is 0 Å². The molecule has 282 valence electrons. The Kier molecular flexibility index (Phi) is 10.7. The largest absolute Gasteiger partial charge is 0.497 e. The third-order valence-corrected chi connectivity index (χ3v) is 10.4. The summed E-state index contributed by atoms with van der Waals surface area (Å²) in [7, 11) is 6.69. The van der Waals surface area contributed by atoms with E-state index >= 15 is 0 Å². The first kappa shape index (κ1) is 37.1. The van der Waals surface area contributed by atoms with Crippen molar-refractivity contribution in [2.45, 2.75) is 0 Å². The number of halogens is 1. The van der Waals surface area contributed by atoms with E-state index in [2.05, 4.69) is 123 Å². The van der Waals surface area contributed by atoms with E-state index in [0.29, 0.717) is 0 Å². The molecular weight excluding hydrogens is 776 g/mol. The molecule has 0 fully saturated rings. The summed E-state index contributed by atoms with van der Waals surface area (Å²) in [6.45, 7) is 0. The molecule has 0 bridgehead atoms. The van der Waals surface area contributed by atoms with Crippen molar-refractivity contribution in [3.05, 3.63) is 168 Å². The van der Waals surface area contributed by atoms with E-state index in [1.54, 1.807) is 28.4 Å². The van der Waals surface area contributed by atoms with Gasteiger partial charge in [-0.1, -0.05) is 30.3 Å². The molecule has 1 heterocycles. The number of hydrogen-bond donors (Lipinski definition) is 0. The molecular formula is C48H39BrN4O4. The van der Waals surface area contributed by atoms with Crippen LogP contribution in [0.4, 0.5) is 34.1 Å². The lowest BCUT2D eigenvalue weighted by molar-refractivity contribution is 0.414. The highest BCUT2D eigenvalue weighted by molar-refractivity contribution is 9.10. The lowest BCUT2D eigenvalue weighted by Crippen LogP contribution is -2.10. The van der Waals surface area contributed by atoms with Gasteiger partial charge in [0.2, 0.25) is 0 Å². The Labute approximate surface area is 340 Å². The highest BCUT2D eigenvalue weighted by Crippen LogP contribution is 2.41. The van der Waals surface area contributed by atoms with E-state index in [-0.39, 0.29) is 0 Å². The average Bonchev–Trinajstić information content (AvgIpc) is 3.28. The quantitative estimate of drug-likeness (QED) is 0.121. The van der Waals surface area contributed by atoms with Gasteiger partial charge < -0.3 is 28.7 Å². The summed E-state index contributed by atoms with van der Waals surface area (Å²) in [5, 5.41) is 0. The van der Waals surface area contributed by atoms with Gasteiger partial charge in [-0.25, -0.2) is 9.97 Å². The summed E-state index contributed by atoms with van der Waals surface area (Å²) < 4.78 is 22.7. The van der Waals surface area contributed by atoms with Crippen LogP contribution in [0.2, 0.25) is 0 Å². The normalized spacial score (nSPS) is 10.9. The standard InChI is InChI=1S/C48H39BrN4O4/c1-54-40-24-16-36(17-25-40)52(37-18-26-41(55-2)27-19-37)34-12-8-32(9-13-34)46-47(51-48-44(49)6-5-7-45(48)50-46)33-10-14-35(15-11-33)53(38-20-28-42(56-3)29-21-38)39-22-30-43(57-4)31-23-39/h5-31H,1-4H3. The number of benzene rings is 7. The van der Waals surface area contributed by atoms with Gasteiger partial charge >= 0.3 is 0 Å². The molecule has 0 aliphatic heterocycles. The zero-order valence-electron chi connectivity index (χ0n) is 31.9. The molecule has 0 aliphatic rings. The van der Waals surface area contributed by atoms with Crippen LogP contribution in [0.15, 0.2) is 168 Å². The second-order valence-corrected chi connectivity index (χ2v) is 13.9. The molecule has 8 nitrogen and oxygen atoms in total. The van der Waals surface area contributed by atoms with Crippen LogP contribution in [0.5, 0.6) is 23.0 Å². The summed E-state index contributed by atoms with van der Waals surface area (Å²) in [4.78, 5) is 14.9. The monoisotopic (exact) mass is 814 g/mol. The molecule has 57 heavy (non-hydrogen) atoms. The Morgan fingerprint density at radius 3 is 0.982 bits per heavy atom. The fourth-order valence-electron chi connectivity index (χ4n) is 6.80. The molecule has 0 spiro atoms. The van der Waals surface area contributed by atoms with Crippen LogP contribution in [0, 0.1) is 0 Å². The Morgan fingerprint density at radius 2 is 0.667 bits per heavy atom. The zero-order valence-corrected chi connectivity index (χ0v) is 33.5. The van der Waals surface area contributed by atoms with Crippen LogP contribution in [0.1, 0.15) is 0 Å². The molecule has 9 heteroatoms. The Balaban J connectivity index is 1.20. The van der Waals surface area contributed by atoms with E-state index in [1.807, 2.05) is 66.7 Å². The van der Waals surface area contributed by atoms with Gasteiger partial charge in [0, 0.05) is 49.7 Å². The fraction of sp³-hybridized carbons (Fsp3) is 0.0833. The first-order chi connectivity index (χ1) is 28.0. The summed E-state index contributed by atoms with van der Waals surface area (Å²) in [5.41, 5.74) is 10.9. The number of methoxy groups -OCH3 is 4. The molecule has 0 aliphatic carbocycles. The number of aromatic nitrogens is 2. The van der Waals surface area contributed by atoms with Gasteiger partial charge in [-0.05, 0) is 149 Å². The third-order valence-electron chi connectivity index (χ3n) is 9.77. The maximum Gasteiger partial charge on any atom is 0.119 e. The number of nitrogens with zero attached hydrogens (tertiary/aromatic N) is 4. The number of fused-ring (bicyclic) bond motifs is 1. The maximum atomic E-state index is 5.45. The van der Waals surface area contributed by atoms with Crippen molar-refractivity contribution in [3.63, 3.8) is 0 Å². The van der Waals surface area contributed by atoms with Gasteiger partial charge in [-0.2, -0.15) is 0 Å². The van der Waals surface area contributed by atoms with Crippen LogP contribution in [-0.2, 0) is 0 Å². The topological polar surface area (TPSA) is 69.2 Å². The molecule has 0 unspecified atom stereocenters. The number of rotatable bonds is 12. The molecule has 0 radical (unpaired) electrons. The van der Waals surface area contributed by atoms with Crippen molar-refractivity contribution in [3.8, 4) is 45.5 Å². The van der Waals surface area contributed by atoms with Crippen molar-refractivity contribution in [2.75, 3.05) is 38.2 Å². The van der Waals surface area contributed by atoms with Crippen molar-refractivity contribution in [1.82, 2.24) is 9.97 Å². The molecule has 8 rings (SSSR count). The highest BCUT2D eigenvalue weighted by atomic mass is 79.9. The molecule has 1 aromatic heterocycles. The minimum atomic E-state index is 0.774. The second kappa shape index (κ2) is 16.5. The van der Waals surface area contributed by atoms with Crippen LogP contribution in [-0.4, -0.2) is 38.4 Å². The lowest BCUT2D eigenvalue weighted by Gasteiger charge is -2.26. The smallest absolute Gasteiger partial charge is 0.119 e. The third kappa shape index (κ3) is 7.70. The SMILES string of the molecule is COc1ccc(N(c2ccc(OC)cc2)c2ccc(-c3nc4cccc(Br)c4nc3-c3ccc(N(c4ccc(OC)cc4)c4ccc(OC)cc4)cc3)cc2)cc1. The molecule has 0 saturated carbocycles. The number of anilines is 6. The number of hydrogen-bond acceptors (Lipinski definition) is 8. The minimum absolute atomic E-state index is 0.774. The van der Waals surface area contributed by atoms with E-state index in [0.717, 1.165) is 95.1 Å². The minimum Gasteiger partial charge on any atom is -0.497 e. The predicted molar refractivity (Wildman–Crippen MR) is 234 cm³/mol. The van der Waals surface area contributed by atoms with Crippen molar-refractivity contribution in [2.24, 2.45) is 0 Å². The lowest BCUT2D eigenvalue weighted by atomic mass is 10.0. The second-order valence-electron chi connectivity index (χ2n) is 13.1. The molecule has 0 saturated heterocycles.